The van der Waals surface area contributed by atoms with Crippen molar-refractivity contribution in [3.05, 3.63) is 193 Å². The summed E-state index contributed by atoms with van der Waals surface area (Å²) in [5.41, 5.74) is 13.7. The molecule has 370 valence electrons. The number of benzene rings is 6. The molecule has 0 atom stereocenters. The molecule has 0 bridgehead atoms. The molecule has 10 rings (SSSR count). The molecule has 10 aromatic rings. The van der Waals surface area contributed by atoms with Gasteiger partial charge in [-0.2, -0.15) is 22.9 Å². The van der Waals surface area contributed by atoms with Gasteiger partial charge in [-0.15, -0.1) is 58.7 Å². The van der Waals surface area contributed by atoms with Crippen molar-refractivity contribution in [1.82, 2.24) is 29.5 Å². The normalized spacial score (nSPS) is 11.4. The van der Waals surface area contributed by atoms with E-state index in [4.69, 9.17) is 19.4 Å². The number of ether oxygens (including phenoxy) is 2. The molecule has 73 heavy (non-hydrogen) atoms. The predicted octanol–water partition coefficient (Wildman–Crippen LogP) is 15.9. The van der Waals surface area contributed by atoms with Crippen LogP contribution in [0.5, 0.6) is 23.0 Å². The Morgan fingerprint density at radius 1 is 0.493 bits per heavy atom. The Kier molecular flexibility index (Phi) is 16.7. The van der Waals surface area contributed by atoms with Crippen LogP contribution in [-0.2, 0) is 54.3 Å². The molecule has 0 amide bonds. The van der Waals surface area contributed by atoms with Crippen molar-refractivity contribution in [2.24, 2.45) is 11.8 Å². The van der Waals surface area contributed by atoms with E-state index in [9.17, 15) is 0 Å². The molecular formula is C63H56N6O2PdPt. The molecule has 10 heteroatoms. The van der Waals surface area contributed by atoms with Crippen molar-refractivity contribution < 1.29 is 51.0 Å². The molecule has 6 aromatic carbocycles. The summed E-state index contributed by atoms with van der Waals surface area (Å²) in [6.07, 6.45) is 8.61. The molecule has 0 unspecified atom stereocenters. The summed E-state index contributed by atoms with van der Waals surface area (Å²) in [7, 11) is 0. The van der Waals surface area contributed by atoms with E-state index in [2.05, 4.69) is 167 Å². The summed E-state index contributed by atoms with van der Waals surface area (Å²) in [5, 5.41) is 1.83. The monoisotopic (exact) mass is 1230 g/mol. The Morgan fingerprint density at radius 2 is 0.918 bits per heavy atom. The predicted molar refractivity (Wildman–Crippen MR) is 285 cm³/mol. The van der Waals surface area contributed by atoms with Crippen molar-refractivity contribution >= 4 is 21.8 Å². The van der Waals surface area contributed by atoms with E-state index in [0.717, 1.165) is 79.5 Å². The first-order valence-electron chi connectivity index (χ1n) is 24.6. The molecule has 0 fully saturated rings. The van der Waals surface area contributed by atoms with Gasteiger partial charge in [0.05, 0.1) is 0 Å². The molecule has 0 N–H and O–H groups in total. The summed E-state index contributed by atoms with van der Waals surface area (Å²) in [6.45, 7) is 17.8. The second-order valence-electron chi connectivity index (χ2n) is 19.7. The minimum atomic E-state index is 0. The summed E-state index contributed by atoms with van der Waals surface area (Å²) >= 11 is 0. The molecule has 0 aliphatic carbocycles. The summed E-state index contributed by atoms with van der Waals surface area (Å²) in [4.78, 5) is 22.9. The Morgan fingerprint density at radius 3 is 1.29 bits per heavy atom. The molecule has 0 aliphatic rings. The van der Waals surface area contributed by atoms with E-state index in [1.165, 1.54) is 23.8 Å². The molecule has 0 radical (unpaired) electrons. The topological polar surface area (TPSA) is 87.8 Å². The van der Waals surface area contributed by atoms with E-state index in [-0.39, 0.29) is 53.3 Å². The molecule has 0 saturated carbocycles. The van der Waals surface area contributed by atoms with E-state index < -0.39 is 0 Å². The van der Waals surface area contributed by atoms with Crippen LogP contribution in [0.25, 0.3) is 72.5 Å². The largest absolute Gasteiger partial charge is 2.00 e. The van der Waals surface area contributed by atoms with E-state index >= 15 is 0 Å². The summed E-state index contributed by atoms with van der Waals surface area (Å²) < 4.78 is 16.0. The fourth-order valence-electron chi connectivity index (χ4n) is 9.41. The number of fused-ring (bicyclic) bond motifs is 3. The van der Waals surface area contributed by atoms with Crippen LogP contribution in [0.15, 0.2) is 146 Å². The Balaban J connectivity index is 0.00000356. The van der Waals surface area contributed by atoms with Gasteiger partial charge in [0.15, 0.2) is 0 Å². The Bertz CT molecular complexity index is 3260. The summed E-state index contributed by atoms with van der Waals surface area (Å²) in [6, 6.07) is 56.5. The smallest absolute Gasteiger partial charge is 0.502 e. The molecule has 4 heterocycles. The number of nitrogens with zero attached hydrogens (tertiary/aromatic N) is 6. The van der Waals surface area contributed by atoms with Gasteiger partial charge in [-0.05, 0) is 71.2 Å². The number of aromatic nitrogens is 6. The van der Waals surface area contributed by atoms with Crippen LogP contribution < -0.4 is 9.47 Å². The maximum Gasteiger partial charge on any atom is 2.00 e. The third-order valence-corrected chi connectivity index (χ3v) is 12.7. The van der Waals surface area contributed by atoms with E-state index in [0.29, 0.717) is 51.8 Å². The fourth-order valence-corrected chi connectivity index (χ4v) is 9.41. The zero-order valence-corrected chi connectivity index (χ0v) is 46.0. The third kappa shape index (κ3) is 11.5. The minimum Gasteiger partial charge on any atom is -0.502 e. The number of hydrogen-bond acceptors (Lipinski definition) is 7. The van der Waals surface area contributed by atoms with Gasteiger partial charge in [0.1, 0.15) is 12.7 Å². The maximum atomic E-state index is 7.02. The van der Waals surface area contributed by atoms with Crippen molar-refractivity contribution in [3.8, 4) is 73.7 Å². The molecular weight excluding hydrogens is 1170 g/mol. The van der Waals surface area contributed by atoms with Crippen molar-refractivity contribution in [1.29, 1.82) is 0 Å². The van der Waals surface area contributed by atoms with Gasteiger partial charge < -0.3 is 24.0 Å². The average Bonchev–Trinajstić information content (AvgIpc) is 3.69. The quantitative estimate of drug-likeness (QED) is 0.0746. The molecule has 4 aromatic heterocycles. The maximum absolute atomic E-state index is 7.02. The summed E-state index contributed by atoms with van der Waals surface area (Å²) in [5.74, 6) is 4.02. The number of rotatable bonds is 15. The van der Waals surface area contributed by atoms with E-state index in [1.54, 1.807) is 12.4 Å². The first kappa shape index (κ1) is 52.7. The molecule has 0 spiro atoms. The molecule has 8 nitrogen and oxygen atoms in total. The van der Waals surface area contributed by atoms with Crippen LogP contribution in [0.1, 0.15) is 89.5 Å². The number of hydrogen-bond donors (Lipinski definition) is 0. The molecule has 0 saturated heterocycles. The van der Waals surface area contributed by atoms with Gasteiger partial charge in [-0.3, -0.25) is 0 Å². The van der Waals surface area contributed by atoms with Gasteiger partial charge in [0.25, 0.3) is 0 Å². The first-order valence-corrected chi connectivity index (χ1v) is 24.6. The van der Waals surface area contributed by atoms with Gasteiger partial charge in [-0.1, -0.05) is 174 Å². The van der Waals surface area contributed by atoms with Gasteiger partial charge >= 0.3 is 41.5 Å². The Labute approximate surface area is 457 Å². The van der Waals surface area contributed by atoms with Crippen LogP contribution in [0.2, 0.25) is 0 Å². The second kappa shape index (κ2) is 23.1. The van der Waals surface area contributed by atoms with Crippen LogP contribution in [-0.4, -0.2) is 29.5 Å². The van der Waals surface area contributed by atoms with Gasteiger partial charge in [0.2, 0.25) is 5.95 Å². The van der Waals surface area contributed by atoms with E-state index in [1.807, 2.05) is 53.1 Å². The Hall–Kier alpha value is -6.62. The first-order chi connectivity index (χ1) is 34.5. The zero-order chi connectivity index (χ0) is 49.2. The third-order valence-electron chi connectivity index (χ3n) is 12.7. The van der Waals surface area contributed by atoms with Crippen LogP contribution >= 0.6 is 0 Å². The van der Waals surface area contributed by atoms with Crippen LogP contribution in [0.4, 0.5) is 0 Å². The van der Waals surface area contributed by atoms with Crippen LogP contribution in [0, 0.1) is 36.1 Å². The fraction of sp³-hybridized carbons (Fsp3) is 0.222. The SMILES string of the molecule is CC(C)Cc1ccc(-c2c(Oc3[c-]c4c(cc3)c3ccc(Oc5[c-]c(-c6ccccn6)cc(C(C)C)c5-c5ccc(CC(C)C)cc5)[c-]c3n4-c3ncncn3)[c-]c(-c3ccccn3)cc2C(C)C)cc1.[Pd+2].[Pt+2]. The average molecular weight is 1230 g/mol. The number of pyridine rings is 2. The van der Waals surface area contributed by atoms with Crippen LogP contribution in [0.3, 0.4) is 0 Å². The van der Waals surface area contributed by atoms with Crippen molar-refractivity contribution in [2.45, 2.75) is 80.1 Å². The second-order valence-corrected chi connectivity index (χ2v) is 19.7. The van der Waals surface area contributed by atoms with Crippen molar-refractivity contribution in [3.63, 3.8) is 0 Å². The van der Waals surface area contributed by atoms with Gasteiger partial charge in [-0.25, -0.2) is 15.0 Å². The standard InChI is InChI=1S/C63H56N6O2.Pd.Pt/c1-39(2)29-43-15-19-45(20-16-43)61-53(41(5)6)31-47(55-13-9-11-27-65-55)33-59(61)70-49-23-25-51-52-26-24-50(36-58(52)69(57(51)35-49)63-67-37-64-38-68-63)71-60-34-48(56-14-10-12-28-66-56)32-54(42(7)8)62(60)46-21-17-44(18-22-46)30-40(3)4;;/h9-28,31-32,37-42H,29-30H2,1-8H3;;/q-4;2*+2. The molecule has 0 aliphatic heterocycles. The zero-order valence-electron chi connectivity index (χ0n) is 42.2. The minimum absolute atomic E-state index is 0. The van der Waals surface area contributed by atoms with Crippen molar-refractivity contribution in [2.75, 3.05) is 0 Å². The van der Waals surface area contributed by atoms with Gasteiger partial charge in [0, 0.05) is 35.4 Å².